The molecular formula is C15H19FN2O. The van der Waals surface area contributed by atoms with Crippen molar-refractivity contribution in [2.24, 2.45) is 0 Å². The zero-order valence-electron chi connectivity index (χ0n) is 11.7. The molecule has 102 valence electrons. The van der Waals surface area contributed by atoms with Gasteiger partial charge in [0, 0.05) is 11.6 Å². The average Bonchev–Trinajstić information content (AvgIpc) is 2.75. The van der Waals surface area contributed by atoms with Crippen molar-refractivity contribution in [3.05, 3.63) is 52.9 Å². The molecule has 0 aliphatic carbocycles. The summed E-state index contributed by atoms with van der Waals surface area (Å²) >= 11 is 0. The quantitative estimate of drug-likeness (QED) is 0.921. The monoisotopic (exact) mass is 262 g/mol. The van der Waals surface area contributed by atoms with Crippen LogP contribution in [-0.4, -0.2) is 14.7 Å². The third-order valence-corrected chi connectivity index (χ3v) is 3.29. The first-order chi connectivity index (χ1) is 8.91. The molecule has 0 saturated heterocycles. The molecule has 1 aromatic heterocycles. The fraction of sp³-hybridized carbons (Fsp3) is 0.400. The average molecular weight is 262 g/mol. The summed E-state index contributed by atoms with van der Waals surface area (Å²) in [5.74, 6) is -0.374. The van der Waals surface area contributed by atoms with Gasteiger partial charge in [-0.15, -0.1) is 0 Å². The van der Waals surface area contributed by atoms with Crippen LogP contribution >= 0.6 is 0 Å². The van der Waals surface area contributed by atoms with E-state index in [9.17, 15) is 9.50 Å². The molecule has 0 fully saturated rings. The molecule has 19 heavy (non-hydrogen) atoms. The number of hydrogen-bond donors (Lipinski definition) is 1. The van der Waals surface area contributed by atoms with E-state index in [4.69, 9.17) is 0 Å². The van der Waals surface area contributed by atoms with Crippen molar-refractivity contribution < 1.29 is 9.50 Å². The second-order valence-electron chi connectivity index (χ2n) is 5.20. The summed E-state index contributed by atoms with van der Waals surface area (Å²) in [7, 11) is 0. The molecule has 0 bridgehead atoms. The molecule has 1 N–H and O–H groups in total. The van der Waals surface area contributed by atoms with E-state index >= 15 is 0 Å². The number of halogens is 1. The van der Waals surface area contributed by atoms with Gasteiger partial charge in [0.1, 0.15) is 11.9 Å². The molecule has 1 aromatic carbocycles. The fourth-order valence-corrected chi connectivity index (χ4v) is 2.38. The Morgan fingerprint density at radius 3 is 2.53 bits per heavy atom. The highest BCUT2D eigenvalue weighted by molar-refractivity contribution is 5.37. The van der Waals surface area contributed by atoms with Crippen LogP contribution in [0.15, 0.2) is 24.7 Å². The summed E-state index contributed by atoms with van der Waals surface area (Å²) in [6, 6.07) is 3.49. The Morgan fingerprint density at radius 1 is 1.26 bits per heavy atom. The van der Waals surface area contributed by atoms with Crippen LogP contribution < -0.4 is 0 Å². The van der Waals surface area contributed by atoms with E-state index in [0.29, 0.717) is 11.3 Å². The van der Waals surface area contributed by atoms with Crippen molar-refractivity contribution in [1.29, 1.82) is 0 Å². The Kier molecular flexibility index (Phi) is 3.71. The molecule has 0 radical (unpaired) electrons. The van der Waals surface area contributed by atoms with Crippen LogP contribution in [0, 0.1) is 19.7 Å². The van der Waals surface area contributed by atoms with E-state index in [1.54, 1.807) is 12.5 Å². The molecule has 0 amide bonds. The van der Waals surface area contributed by atoms with Crippen LogP contribution in [0.25, 0.3) is 0 Å². The number of benzene rings is 1. The second-order valence-corrected chi connectivity index (χ2v) is 5.20. The largest absolute Gasteiger partial charge is 0.382 e. The maximum Gasteiger partial charge on any atom is 0.129 e. The fourth-order valence-electron chi connectivity index (χ4n) is 2.38. The normalized spacial score (nSPS) is 13.0. The van der Waals surface area contributed by atoms with E-state index in [-0.39, 0.29) is 11.9 Å². The number of aliphatic hydroxyl groups excluding tert-OH is 1. The van der Waals surface area contributed by atoms with E-state index in [2.05, 4.69) is 4.98 Å². The smallest absolute Gasteiger partial charge is 0.129 e. The van der Waals surface area contributed by atoms with Crippen molar-refractivity contribution in [2.75, 3.05) is 0 Å². The topological polar surface area (TPSA) is 38.1 Å². The van der Waals surface area contributed by atoms with Gasteiger partial charge in [0.2, 0.25) is 0 Å². The first-order valence-corrected chi connectivity index (χ1v) is 6.38. The van der Waals surface area contributed by atoms with Crippen molar-refractivity contribution in [1.82, 2.24) is 9.55 Å². The number of aryl methyl sites for hydroxylation is 2. The number of imidazole rings is 1. The zero-order valence-corrected chi connectivity index (χ0v) is 11.7. The lowest BCUT2D eigenvalue weighted by Crippen LogP contribution is -2.12. The summed E-state index contributed by atoms with van der Waals surface area (Å²) in [5, 5.41) is 10.5. The van der Waals surface area contributed by atoms with E-state index in [0.717, 1.165) is 11.1 Å². The SMILES string of the molecule is Cc1cc(C)c(C(O)c2cncn2C(C)C)c(F)c1. The van der Waals surface area contributed by atoms with Gasteiger partial charge in [-0.2, -0.15) is 0 Å². The number of hydrogen-bond acceptors (Lipinski definition) is 2. The molecular weight excluding hydrogens is 243 g/mol. The van der Waals surface area contributed by atoms with Crippen molar-refractivity contribution in [3.63, 3.8) is 0 Å². The molecule has 0 saturated carbocycles. The van der Waals surface area contributed by atoms with Gasteiger partial charge < -0.3 is 9.67 Å². The minimum absolute atomic E-state index is 0.168. The van der Waals surface area contributed by atoms with Crippen molar-refractivity contribution in [2.45, 2.75) is 39.8 Å². The molecule has 1 unspecified atom stereocenters. The van der Waals surface area contributed by atoms with Crippen molar-refractivity contribution >= 4 is 0 Å². The van der Waals surface area contributed by atoms with Gasteiger partial charge in [-0.05, 0) is 44.9 Å². The lowest BCUT2D eigenvalue weighted by atomic mass is 9.98. The van der Waals surface area contributed by atoms with E-state index in [1.165, 1.54) is 6.07 Å². The molecule has 0 spiro atoms. The standard InChI is InChI=1S/C15H19FN2O/c1-9(2)18-8-17-7-13(18)15(19)14-11(4)5-10(3)6-12(14)16/h5-9,15,19H,1-4H3. The Hall–Kier alpha value is -1.68. The summed E-state index contributed by atoms with van der Waals surface area (Å²) in [4.78, 5) is 4.05. The van der Waals surface area contributed by atoms with Crippen LogP contribution in [0.1, 0.15) is 48.4 Å². The van der Waals surface area contributed by atoms with Crippen LogP contribution in [0.4, 0.5) is 4.39 Å². The molecule has 3 nitrogen and oxygen atoms in total. The Labute approximate surface area is 112 Å². The first-order valence-electron chi connectivity index (χ1n) is 6.38. The van der Waals surface area contributed by atoms with E-state index < -0.39 is 6.10 Å². The molecule has 2 rings (SSSR count). The van der Waals surface area contributed by atoms with Crippen LogP contribution in [0.5, 0.6) is 0 Å². The molecule has 1 atom stereocenters. The Bertz CT molecular complexity index is 567. The molecule has 0 aliphatic heterocycles. The highest BCUT2D eigenvalue weighted by atomic mass is 19.1. The number of aromatic nitrogens is 2. The predicted octanol–water partition coefficient (Wildman–Crippen LogP) is 3.30. The summed E-state index contributed by atoms with van der Waals surface area (Å²) < 4.78 is 15.9. The number of rotatable bonds is 3. The van der Waals surface area contributed by atoms with Gasteiger partial charge in [-0.25, -0.2) is 9.37 Å². The Balaban J connectivity index is 2.50. The van der Waals surface area contributed by atoms with Crippen LogP contribution in [0.2, 0.25) is 0 Å². The maximum atomic E-state index is 14.1. The zero-order chi connectivity index (χ0) is 14.2. The lowest BCUT2D eigenvalue weighted by Gasteiger charge is -2.19. The van der Waals surface area contributed by atoms with Gasteiger partial charge in [0.25, 0.3) is 0 Å². The maximum absolute atomic E-state index is 14.1. The number of aliphatic hydroxyl groups is 1. The summed E-state index contributed by atoms with van der Waals surface area (Å²) in [6.07, 6.45) is 2.25. The van der Waals surface area contributed by atoms with Crippen LogP contribution in [0.3, 0.4) is 0 Å². The van der Waals surface area contributed by atoms with E-state index in [1.807, 2.05) is 38.3 Å². The molecule has 0 aliphatic rings. The van der Waals surface area contributed by atoms with Crippen molar-refractivity contribution in [3.8, 4) is 0 Å². The lowest BCUT2D eigenvalue weighted by molar-refractivity contribution is 0.202. The second kappa shape index (κ2) is 5.13. The summed E-state index contributed by atoms with van der Waals surface area (Å²) in [5.41, 5.74) is 2.54. The number of nitrogens with zero attached hydrogens (tertiary/aromatic N) is 2. The highest BCUT2D eigenvalue weighted by Gasteiger charge is 2.22. The van der Waals surface area contributed by atoms with Gasteiger partial charge in [0.05, 0.1) is 18.2 Å². The molecule has 4 heteroatoms. The van der Waals surface area contributed by atoms with Crippen LogP contribution in [-0.2, 0) is 0 Å². The third kappa shape index (κ3) is 2.54. The highest BCUT2D eigenvalue weighted by Crippen LogP contribution is 2.29. The molecule has 2 aromatic rings. The van der Waals surface area contributed by atoms with Gasteiger partial charge in [0.15, 0.2) is 0 Å². The van der Waals surface area contributed by atoms with Gasteiger partial charge in [-0.1, -0.05) is 6.07 Å². The predicted molar refractivity (Wildman–Crippen MR) is 72.5 cm³/mol. The minimum atomic E-state index is -0.995. The Morgan fingerprint density at radius 2 is 1.95 bits per heavy atom. The minimum Gasteiger partial charge on any atom is -0.382 e. The summed E-state index contributed by atoms with van der Waals surface area (Å²) in [6.45, 7) is 7.64. The van der Waals surface area contributed by atoms with Gasteiger partial charge in [-0.3, -0.25) is 0 Å². The van der Waals surface area contributed by atoms with Gasteiger partial charge >= 0.3 is 0 Å². The molecule has 1 heterocycles. The third-order valence-electron chi connectivity index (χ3n) is 3.29. The first kappa shape index (κ1) is 13.7.